The molecular weight excluding hydrogens is 499 g/mol. The van der Waals surface area contributed by atoms with Crippen LogP contribution in [-0.2, 0) is 0 Å². The smallest absolute Gasteiger partial charge is 0.0465 e. The normalized spacial score (nSPS) is 10.9. The van der Waals surface area contributed by atoms with Gasteiger partial charge in [0, 0.05) is 63.8 Å². The van der Waals surface area contributed by atoms with Crippen LogP contribution in [0.2, 0.25) is 10.0 Å². The van der Waals surface area contributed by atoms with E-state index in [2.05, 4.69) is 46.4 Å². The highest BCUT2D eigenvalue weighted by Crippen LogP contribution is 2.35. The first-order chi connectivity index (χ1) is 16.7. The van der Waals surface area contributed by atoms with Crippen molar-refractivity contribution >= 4 is 68.5 Å². The van der Waals surface area contributed by atoms with Crippen molar-refractivity contribution in [2.75, 3.05) is 0 Å². The summed E-state index contributed by atoms with van der Waals surface area (Å²) in [6, 6.07) is 32.4. The number of rotatable bonds is 4. The third kappa shape index (κ3) is 5.48. The van der Waals surface area contributed by atoms with Crippen LogP contribution in [0.4, 0.5) is 0 Å². The summed E-state index contributed by atoms with van der Waals surface area (Å²) < 4.78 is 0. The number of para-hydroxylation sites is 2. The topological polar surface area (TPSA) is 31.6 Å². The largest absolute Gasteiger partial charge is 0.360 e. The van der Waals surface area contributed by atoms with Crippen LogP contribution in [0.5, 0.6) is 0 Å². The molecule has 0 spiro atoms. The predicted molar refractivity (Wildman–Crippen MR) is 148 cm³/mol. The maximum Gasteiger partial charge on any atom is 0.0465 e. The monoisotopic (exact) mass is 518 g/mol. The van der Waals surface area contributed by atoms with E-state index in [1.807, 2.05) is 73.1 Å². The SMILES string of the molecule is Clc1ccc(Sc2c[nH]c3ccccc23)cc1.Clc1ccc(Sc2c[nH]c3ccccc23)cc1. The van der Waals surface area contributed by atoms with Crippen molar-refractivity contribution in [3.05, 3.63) is 120 Å². The molecule has 6 rings (SSSR count). The fourth-order valence-corrected chi connectivity index (χ4v) is 5.63. The molecule has 0 atom stereocenters. The summed E-state index contributed by atoms with van der Waals surface area (Å²) in [4.78, 5) is 11.4. The molecule has 0 aliphatic carbocycles. The van der Waals surface area contributed by atoms with E-state index in [9.17, 15) is 0 Å². The molecule has 6 aromatic rings. The molecular formula is C28H20Cl2N2S2. The molecule has 0 saturated heterocycles. The Bertz CT molecular complexity index is 1400. The Morgan fingerprint density at radius 1 is 0.471 bits per heavy atom. The Kier molecular flexibility index (Phi) is 7.21. The van der Waals surface area contributed by atoms with Gasteiger partial charge in [0.2, 0.25) is 0 Å². The number of halogens is 2. The summed E-state index contributed by atoms with van der Waals surface area (Å²) in [7, 11) is 0. The van der Waals surface area contributed by atoms with Gasteiger partial charge in [0.05, 0.1) is 0 Å². The number of fused-ring (bicyclic) bond motifs is 2. The summed E-state index contributed by atoms with van der Waals surface area (Å²) in [5.41, 5.74) is 2.34. The Labute approximate surface area is 216 Å². The molecule has 0 bridgehead atoms. The first kappa shape index (κ1) is 23.0. The van der Waals surface area contributed by atoms with Gasteiger partial charge in [-0.25, -0.2) is 0 Å². The van der Waals surface area contributed by atoms with Gasteiger partial charge < -0.3 is 9.97 Å². The average molecular weight is 520 g/mol. The zero-order valence-electron chi connectivity index (χ0n) is 18.0. The number of aromatic nitrogens is 2. The molecule has 0 radical (unpaired) electrons. The molecule has 0 saturated carbocycles. The van der Waals surface area contributed by atoms with Crippen LogP contribution in [-0.4, -0.2) is 9.97 Å². The molecule has 2 nitrogen and oxygen atoms in total. The molecule has 0 amide bonds. The molecule has 2 N–H and O–H groups in total. The van der Waals surface area contributed by atoms with E-state index in [0.717, 1.165) is 10.0 Å². The third-order valence-corrected chi connectivity index (χ3v) is 7.82. The molecule has 0 aliphatic rings. The van der Waals surface area contributed by atoms with E-state index in [1.54, 1.807) is 23.5 Å². The van der Waals surface area contributed by atoms with Crippen molar-refractivity contribution in [2.45, 2.75) is 19.6 Å². The lowest BCUT2D eigenvalue weighted by atomic mass is 10.2. The predicted octanol–water partition coefficient (Wildman–Crippen LogP) is 9.94. The van der Waals surface area contributed by atoms with Gasteiger partial charge in [-0.2, -0.15) is 0 Å². The highest BCUT2D eigenvalue weighted by Gasteiger charge is 2.05. The number of benzene rings is 4. The zero-order valence-corrected chi connectivity index (χ0v) is 21.1. The van der Waals surface area contributed by atoms with Crippen LogP contribution in [0, 0.1) is 0 Å². The van der Waals surface area contributed by atoms with Gasteiger partial charge in [0.25, 0.3) is 0 Å². The second-order valence-corrected chi connectivity index (χ2v) is 10.6. The average Bonchev–Trinajstić information content (AvgIpc) is 3.47. The number of hydrogen-bond donors (Lipinski definition) is 2. The fourth-order valence-electron chi connectivity index (χ4n) is 3.52. The minimum atomic E-state index is 0.772. The molecule has 0 aliphatic heterocycles. The third-order valence-electron chi connectivity index (χ3n) is 5.19. The molecule has 168 valence electrons. The summed E-state index contributed by atoms with van der Waals surface area (Å²) in [6.45, 7) is 0. The lowest BCUT2D eigenvalue weighted by molar-refractivity contribution is 1.39. The van der Waals surface area contributed by atoms with Gasteiger partial charge in [-0.15, -0.1) is 0 Å². The highest BCUT2D eigenvalue weighted by molar-refractivity contribution is 7.99. The van der Waals surface area contributed by atoms with Crippen LogP contribution in [0.25, 0.3) is 21.8 Å². The summed E-state index contributed by atoms with van der Waals surface area (Å²) in [6.07, 6.45) is 4.09. The second-order valence-electron chi connectivity index (χ2n) is 7.51. The molecule has 2 heterocycles. The summed E-state index contributed by atoms with van der Waals surface area (Å²) in [5, 5.41) is 4.06. The van der Waals surface area contributed by atoms with Crippen molar-refractivity contribution < 1.29 is 0 Å². The zero-order chi connectivity index (χ0) is 23.3. The summed E-state index contributed by atoms with van der Waals surface area (Å²) >= 11 is 15.2. The Morgan fingerprint density at radius 2 is 0.853 bits per heavy atom. The quantitative estimate of drug-likeness (QED) is 0.243. The number of H-pyrrole nitrogens is 2. The molecule has 2 aromatic heterocycles. The minimum absolute atomic E-state index is 0.772. The second kappa shape index (κ2) is 10.7. The van der Waals surface area contributed by atoms with E-state index < -0.39 is 0 Å². The van der Waals surface area contributed by atoms with Crippen molar-refractivity contribution in [1.29, 1.82) is 0 Å². The Balaban J connectivity index is 0.000000142. The molecule has 4 aromatic carbocycles. The van der Waals surface area contributed by atoms with Crippen LogP contribution in [0.1, 0.15) is 0 Å². The first-order valence-corrected chi connectivity index (χ1v) is 13.0. The number of hydrogen-bond acceptors (Lipinski definition) is 2. The van der Waals surface area contributed by atoms with E-state index in [1.165, 1.54) is 41.4 Å². The van der Waals surface area contributed by atoms with Gasteiger partial charge in [-0.05, 0) is 60.7 Å². The van der Waals surface area contributed by atoms with Crippen molar-refractivity contribution in [3.8, 4) is 0 Å². The van der Waals surface area contributed by atoms with E-state index >= 15 is 0 Å². The number of nitrogens with one attached hydrogen (secondary N) is 2. The van der Waals surface area contributed by atoms with Crippen LogP contribution < -0.4 is 0 Å². The standard InChI is InChI=1S/2C14H10ClNS/c2*15-10-5-7-11(8-6-10)17-14-9-16-13-4-2-1-3-12(13)14/h2*1-9,16H. The van der Waals surface area contributed by atoms with Crippen molar-refractivity contribution in [1.82, 2.24) is 9.97 Å². The number of aromatic amines is 2. The Morgan fingerprint density at radius 3 is 1.26 bits per heavy atom. The van der Waals surface area contributed by atoms with E-state index in [0.29, 0.717) is 0 Å². The first-order valence-electron chi connectivity index (χ1n) is 10.6. The van der Waals surface area contributed by atoms with Crippen molar-refractivity contribution in [2.24, 2.45) is 0 Å². The van der Waals surface area contributed by atoms with Crippen LogP contribution in [0.3, 0.4) is 0 Å². The van der Waals surface area contributed by atoms with E-state index in [-0.39, 0.29) is 0 Å². The molecule has 6 heteroatoms. The van der Waals surface area contributed by atoms with Crippen LogP contribution >= 0.6 is 46.7 Å². The lowest BCUT2D eigenvalue weighted by Gasteiger charge is -2.00. The maximum absolute atomic E-state index is 5.87. The van der Waals surface area contributed by atoms with Crippen molar-refractivity contribution in [3.63, 3.8) is 0 Å². The van der Waals surface area contributed by atoms with Gasteiger partial charge in [-0.3, -0.25) is 0 Å². The van der Waals surface area contributed by atoms with Gasteiger partial charge >= 0.3 is 0 Å². The minimum Gasteiger partial charge on any atom is -0.360 e. The highest BCUT2D eigenvalue weighted by atomic mass is 35.5. The molecule has 34 heavy (non-hydrogen) atoms. The summed E-state index contributed by atoms with van der Waals surface area (Å²) in [5.74, 6) is 0. The fraction of sp³-hybridized carbons (Fsp3) is 0. The van der Waals surface area contributed by atoms with Gasteiger partial charge in [0.1, 0.15) is 0 Å². The van der Waals surface area contributed by atoms with Gasteiger partial charge in [-0.1, -0.05) is 83.1 Å². The molecule has 0 fully saturated rings. The van der Waals surface area contributed by atoms with E-state index in [4.69, 9.17) is 23.2 Å². The van der Waals surface area contributed by atoms with Crippen LogP contribution in [0.15, 0.2) is 129 Å². The lowest BCUT2D eigenvalue weighted by Crippen LogP contribution is -1.71. The maximum atomic E-state index is 5.87. The molecule has 0 unspecified atom stereocenters. The Hall–Kier alpha value is -2.76. The van der Waals surface area contributed by atoms with Gasteiger partial charge in [0.15, 0.2) is 0 Å².